The maximum atomic E-state index is 12.4. The number of alkyl halides is 3. The zero-order valence-corrected chi connectivity index (χ0v) is 9.44. The quantitative estimate of drug-likeness (QED) is 0.683. The van der Waals surface area contributed by atoms with Gasteiger partial charge in [0.25, 0.3) is 0 Å². The molecule has 4 heteroatoms. The maximum Gasteiger partial charge on any atom is 0.418 e. The van der Waals surface area contributed by atoms with Gasteiger partial charge in [0.1, 0.15) is 0 Å². The predicted molar refractivity (Wildman–Crippen MR) is 59.4 cm³/mol. The van der Waals surface area contributed by atoms with E-state index in [1.54, 1.807) is 12.1 Å². The lowest BCUT2D eigenvalue weighted by Crippen LogP contribution is -2.03. The number of aromatic nitrogens is 1. The highest BCUT2D eigenvalue weighted by Crippen LogP contribution is 2.34. The third kappa shape index (κ3) is 2.38. The second-order valence-electron chi connectivity index (χ2n) is 3.25. The molecule has 0 fully saturated rings. The van der Waals surface area contributed by atoms with Crippen molar-refractivity contribution in [1.29, 1.82) is 0 Å². The zero-order chi connectivity index (χ0) is 12.3. The fraction of sp³-hybridized carbons (Fsp3) is 0.333. The van der Waals surface area contributed by atoms with Crippen LogP contribution >= 0.6 is 0 Å². The molecular formula is C12H14F3N. The van der Waals surface area contributed by atoms with Gasteiger partial charge in [0.2, 0.25) is 0 Å². The van der Waals surface area contributed by atoms with Gasteiger partial charge in [-0.3, -0.25) is 0 Å². The SMILES string of the molecule is CC.Cc1ccc2c(C(F)(F)F)c[nH]c2c1. The van der Waals surface area contributed by atoms with Crippen molar-refractivity contribution in [3.05, 3.63) is 35.5 Å². The number of benzene rings is 1. The molecule has 88 valence electrons. The van der Waals surface area contributed by atoms with Gasteiger partial charge in [0.05, 0.1) is 5.56 Å². The molecule has 16 heavy (non-hydrogen) atoms. The first-order chi connectivity index (χ1) is 7.48. The Labute approximate surface area is 92.3 Å². The number of aryl methyl sites for hydroxylation is 1. The fourth-order valence-corrected chi connectivity index (χ4v) is 1.47. The lowest BCUT2D eigenvalue weighted by molar-refractivity contribution is -0.136. The molecule has 1 N–H and O–H groups in total. The van der Waals surface area contributed by atoms with Gasteiger partial charge in [-0.1, -0.05) is 26.0 Å². The van der Waals surface area contributed by atoms with Crippen molar-refractivity contribution in [1.82, 2.24) is 4.98 Å². The lowest BCUT2D eigenvalue weighted by atomic mass is 10.1. The van der Waals surface area contributed by atoms with E-state index in [4.69, 9.17) is 0 Å². The molecule has 1 aromatic carbocycles. The van der Waals surface area contributed by atoms with Crippen molar-refractivity contribution < 1.29 is 13.2 Å². The van der Waals surface area contributed by atoms with Gasteiger partial charge in [0, 0.05) is 17.1 Å². The Hall–Kier alpha value is -1.45. The van der Waals surface area contributed by atoms with E-state index in [0.29, 0.717) is 5.52 Å². The van der Waals surface area contributed by atoms with E-state index in [1.807, 2.05) is 20.8 Å². The van der Waals surface area contributed by atoms with Crippen molar-refractivity contribution in [3.8, 4) is 0 Å². The number of rotatable bonds is 0. The summed E-state index contributed by atoms with van der Waals surface area (Å²) in [6, 6.07) is 4.86. The van der Waals surface area contributed by atoms with Gasteiger partial charge < -0.3 is 4.98 Å². The molecule has 1 nitrogen and oxygen atoms in total. The fourth-order valence-electron chi connectivity index (χ4n) is 1.47. The molecule has 1 aromatic heterocycles. The normalized spacial score (nSPS) is 11.1. The van der Waals surface area contributed by atoms with E-state index < -0.39 is 11.7 Å². The third-order valence-electron chi connectivity index (χ3n) is 2.14. The molecule has 0 bridgehead atoms. The van der Waals surface area contributed by atoms with Crippen LogP contribution in [-0.2, 0) is 6.18 Å². The Morgan fingerprint density at radius 3 is 2.31 bits per heavy atom. The second kappa shape index (κ2) is 4.60. The molecule has 0 aliphatic carbocycles. The first kappa shape index (κ1) is 12.6. The van der Waals surface area contributed by atoms with Crippen molar-refractivity contribution >= 4 is 10.9 Å². The molecule has 0 radical (unpaired) electrons. The highest BCUT2D eigenvalue weighted by atomic mass is 19.4. The molecule has 1 heterocycles. The van der Waals surface area contributed by atoms with E-state index in [2.05, 4.69) is 4.98 Å². The average Bonchev–Trinajstić information content (AvgIpc) is 2.62. The van der Waals surface area contributed by atoms with E-state index in [0.717, 1.165) is 11.8 Å². The predicted octanol–water partition coefficient (Wildman–Crippen LogP) is 4.52. The second-order valence-corrected chi connectivity index (χ2v) is 3.25. The molecular weight excluding hydrogens is 215 g/mol. The highest BCUT2D eigenvalue weighted by molar-refractivity contribution is 5.84. The summed E-state index contributed by atoms with van der Waals surface area (Å²) in [6.07, 6.45) is -3.28. The monoisotopic (exact) mass is 229 g/mol. The van der Waals surface area contributed by atoms with E-state index in [1.165, 1.54) is 6.07 Å². The number of hydrogen-bond acceptors (Lipinski definition) is 0. The first-order valence-electron chi connectivity index (χ1n) is 5.13. The van der Waals surface area contributed by atoms with Gasteiger partial charge in [-0.25, -0.2) is 0 Å². The van der Waals surface area contributed by atoms with Crippen molar-refractivity contribution in [2.75, 3.05) is 0 Å². The van der Waals surface area contributed by atoms with Crippen LogP contribution < -0.4 is 0 Å². The van der Waals surface area contributed by atoms with Crippen LogP contribution in [0.5, 0.6) is 0 Å². The smallest absolute Gasteiger partial charge is 0.361 e. The standard InChI is InChI=1S/C10H8F3N.C2H6/c1-6-2-3-7-8(10(11,12)13)5-14-9(7)4-6;1-2/h2-5,14H,1H3;1-2H3. The number of nitrogens with one attached hydrogen (secondary N) is 1. The average molecular weight is 229 g/mol. The molecule has 0 unspecified atom stereocenters. The summed E-state index contributed by atoms with van der Waals surface area (Å²) in [4.78, 5) is 2.62. The molecule has 0 amide bonds. The summed E-state index contributed by atoms with van der Waals surface area (Å²) < 4.78 is 37.3. The van der Waals surface area contributed by atoms with Gasteiger partial charge in [-0.05, 0) is 18.6 Å². The summed E-state index contributed by atoms with van der Waals surface area (Å²) in [7, 11) is 0. The van der Waals surface area contributed by atoms with E-state index in [-0.39, 0.29) is 5.39 Å². The summed E-state index contributed by atoms with van der Waals surface area (Å²) in [5, 5.41) is 0.225. The number of halogens is 3. The minimum Gasteiger partial charge on any atom is -0.361 e. The number of aromatic amines is 1. The molecule has 0 saturated carbocycles. The molecule has 0 spiro atoms. The Kier molecular flexibility index (Phi) is 3.62. The van der Waals surface area contributed by atoms with Crippen LogP contribution in [0.1, 0.15) is 25.0 Å². The molecule has 0 saturated heterocycles. The number of H-pyrrole nitrogens is 1. The minimum atomic E-state index is -4.28. The van der Waals surface area contributed by atoms with Gasteiger partial charge in [0.15, 0.2) is 0 Å². The Morgan fingerprint density at radius 2 is 1.75 bits per heavy atom. The van der Waals surface area contributed by atoms with Crippen LogP contribution in [-0.4, -0.2) is 4.98 Å². The van der Waals surface area contributed by atoms with Gasteiger partial charge in [-0.2, -0.15) is 13.2 Å². The van der Waals surface area contributed by atoms with Crippen LogP contribution in [0.4, 0.5) is 13.2 Å². The van der Waals surface area contributed by atoms with E-state index >= 15 is 0 Å². The first-order valence-corrected chi connectivity index (χ1v) is 5.13. The van der Waals surface area contributed by atoms with Crippen LogP contribution in [0.25, 0.3) is 10.9 Å². The summed E-state index contributed by atoms with van der Waals surface area (Å²) in [5.74, 6) is 0. The van der Waals surface area contributed by atoms with Gasteiger partial charge >= 0.3 is 6.18 Å². The van der Waals surface area contributed by atoms with Crippen molar-refractivity contribution in [2.24, 2.45) is 0 Å². The Balaban J connectivity index is 0.000000606. The van der Waals surface area contributed by atoms with Crippen molar-refractivity contribution in [3.63, 3.8) is 0 Å². The van der Waals surface area contributed by atoms with Crippen LogP contribution in [0, 0.1) is 6.92 Å². The minimum absolute atomic E-state index is 0.225. The number of fused-ring (bicyclic) bond motifs is 1. The third-order valence-corrected chi connectivity index (χ3v) is 2.14. The lowest BCUT2D eigenvalue weighted by Gasteiger charge is -2.03. The van der Waals surface area contributed by atoms with Gasteiger partial charge in [-0.15, -0.1) is 0 Å². The summed E-state index contributed by atoms with van der Waals surface area (Å²) in [5.41, 5.74) is 0.859. The topological polar surface area (TPSA) is 15.8 Å². The van der Waals surface area contributed by atoms with Crippen LogP contribution in [0.15, 0.2) is 24.4 Å². The molecule has 0 aliphatic rings. The summed E-state index contributed by atoms with van der Waals surface area (Å²) >= 11 is 0. The molecule has 0 aliphatic heterocycles. The van der Waals surface area contributed by atoms with Crippen molar-refractivity contribution in [2.45, 2.75) is 26.9 Å². The Morgan fingerprint density at radius 1 is 1.12 bits per heavy atom. The summed E-state index contributed by atoms with van der Waals surface area (Å²) in [6.45, 7) is 5.84. The highest BCUT2D eigenvalue weighted by Gasteiger charge is 2.33. The van der Waals surface area contributed by atoms with Crippen LogP contribution in [0.2, 0.25) is 0 Å². The molecule has 2 aromatic rings. The molecule has 0 atom stereocenters. The molecule has 2 rings (SSSR count). The maximum absolute atomic E-state index is 12.4. The largest absolute Gasteiger partial charge is 0.418 e. The van der Waals surface area contributed by atoms with Crippen LogP contribution in [0.3, 0.4) is 0 Å². The van der Waals surface area contributed by atoms with E-state index in [9.17, 15) is 13.2 Å². The zero-order valence-electron chi connectivity index (χ0n) is 9.44. The number of hydrogen-bond donors (Lipinski definition) is 1. The Bertz CT molecular complexity index is 469.